The van der Waals surface area contributed by atoms with Crippen LogP contribution in [0.1, 0.15) is 52.7 Å². The second-order valence-electron chi connectivity index (χ2n) is 9.24. The third kappa shape index (κ3) is 4.07. The maximum atomic E-state index is 2.31. The molecule has 0 spiro atoms. The number of rotatable bonds is 2. The molecule has 0 saturated carbocycles. The van der Waals surface area contributed by atoms with Gasteiger partial charge in [0.25, 0.3) is 0 Å². The summed E-state index contributed by atoms with van der Waals surface area (Å²) in [5, 5.41) is 0. The third-order valence-electron chi connectivity index (χ3n) is 5.01. The summed E-state index contributed by atoms with van der Waals surface area (Å²) in [6, 6.07) is 26.7. The Labute approximate surface area is 158 Å². The van der Waals surface area contributed by atoms with Gasteiger partial charge in [0, 0.05) is 0 Å². The minimum atomic E-state index is 0.170. The van der Waals surface area contributed by atoms with Gasteiger partial charge in [-0.2, -0.15) is 0 Å². The molecule has 3 aromatic carbocycles. The second-order valence-corrected chi connectivity index (χ2v) is 9.24. The predicted octanol–water partition coefficient (Wildman–Crippen LogP) is 7.62. The summed E-state index contributed by atoms with van der Waals surface area (Å²) < 4.78 is 0. The van der Waals surface area contributed by atoms with Crippen molar-refractivity contribution in [1.82, 2.24) is 0 Å². The molecule has 0 amide bonds. The van der Waals surface area contributed by atoms with Crippen molar-refractivity contribution in [2.24, 2.45) is 0 Å². The lowest BCUT2D eigenvalue weighted by atomic mass is 9.85. The topological polar surface area (TPSA) is 0 Å². The van der Waals surface area contributed by atoms with Gasteiger partial charge in [-0.1, -0.05) is 114 Å². The highest BCUT2D eigenvalue weighted by molar-refractivity contribution is 5.71. The van der Waals surface area contributed by atoms with Crippen LogP contribution in [0.15, 0.2) is 72.8 Å². The Hall–Kier alpha value is -2.34. The van der Waals surface area contributed by atoms with Gasteiger partial charge in [0.15, 0.2) is 0 Å². The molecule has 0 radical (unpaired) electrons. The molecule has 0 aromatic heterocycles. The minimum Gasteiger partial charge on any atom is -0.0614 e. The fraction of sp³-hybridized carbons (Fsp3) is 0.308. The van der Waals surface area contributed by atoms with Crippen molar-refractivity contribution in [3.63, 3.8) is 0 Å². The summed E-state index contributed by atoms with van der Waals surface area (Å²) in [6.07, 6.45) is 0. The maximum Gasteiger partial charge on any atom is -0.0132 e. The summed E-state index contributed by atoms with van der Waals surface area (Å²) in [5.41, 5.74) is 8.19. The first-order chi connectivity index (χ1) is 12.1. The lowest BCUT2D eigenvalue weighted by Crippen LogP contribution is -2.10. The van der Waals surface area contributed by atoms with Gasteiger partial charge in [-0.25, -0.2) is 0 Å². The number of benzene rings is 3. The Bertz CT molecular complexity index is 808. The number of hydrogen-bond donors (Lipinski definition) is 0. The summed E-state index contributed by atoms with van der Waals surface area (Å²) in [6.45, 7) is 13.6. The quantitative estimate of drug-likeness (QED) is 0.449. The van der Waals surface area contributed by atoms with Gasteiger partial charge in [-0.05, 0) is 44.2 Å². The van der Waals surface area contributed by atoms with Crippen molar-refractivity contribution in [2.45, 2.75) is 52.4 Å². The van der Waals surface area contributed by atoms with Gasteiger partial charge in [-0.3, -0.25) is 0 Å². The summed E-state index contributed by atoms with van der Waals surface area (Å²) in [5.74, 6) is 0. The SMILES string of the molecule is CC(C)(C)c1cccc(-c2ccc(-c3cccc(C(C)(C)C)c3)cc2)c1. The molecule has 0 atom stereocenters. The lowest BCUT2D eigenvalue weighted by Gasteiger charge is -2.20. The van der Waals surface area contributed by atoms with Crippen LogP contribution in [0.3, 0.4) is 0 Å². The van der Waals surface area contributed by atoms with E-state index in [0.717, 1.165) is 0 Å². The van der Waals surface area contributed by atoms with Crippen LogP contribution < -0.4 is 0 Å². The van der Waals surface area contributed by atoms with E-state index in [4.69, 9.17) is 0 Å². The van der Waals surface area contributed by atoms with Gasteiger partial charge in [0.2, 0.25) is 0 Å². The molecule has 26 heavy (non-hydrogen) atoms. The summed E-state index contributed by atoms with van der Waals surface area (Å²) in [4.78, 5) is 0. The Morgan fingerprint density at radius 2 is 0.769 bits per heavy atom. The zero-order valence-electron chi connectivity index (χ0n) is 16.9. The smallest absolute Gasteiger partial charge is 0.0132 e. The van der Waals surface area contributed by atoms with Crippen LogP contribution in [0.2, 0.25) is 0 Å². The van der Waals surface area contributed by atoms with Crippen molar-refractivity contribution in [2.75, 3.05) is 0 Å². The van der Waals surface area contributed by atoms with Crippen LogP contribution in [-0.4, -0.2) is 0 Å². The van der Waals surface area contributed by atoms with Crippen molar-refractivity contribution in [3.8, 4) is 22.3 Å². The molecule has 134 valence electrons. The summed E-state index contributed by atoms with van der Waals surface area (Å²) >= 11 is 0. The second kappa shape index (κ2) is 6.76. The molecular weight excluding hydrogens is 312 g/mol. The Kier molecular flexibility index (Phi) is 4.80. The standard InChI is InChI=1S/C26H30/c1-25(2,3)23-11-7-9-21(17-23)19-13-15-20(16-14-19)22-10-8-12-24(18-22)26(4,5)6/h7-18H,1-6H3. The van der Waals surface area contributed by atoms with Crippen molar-refractivity contribution in [3.05, 3.63) is 83.9 Å². The van der Waals surface area contributed by atoms with Gasteiger partial charge < -0.3 is 0 Å². The Morgan fingerprint density at radius 1 is 0.423 bits per heavy atom. The first-order valence-electron chi connectivity index (χ1n) is 9.46. The van der Waals surface area contributed by atoms with E-state index in [1.165, 1.54) is 33.4 Å². The van der Waals surface area contributed by atoms with Gasteiger partial charge >= 0.3 is 0 Å². The summed E-state index contributed by atoms with van der Waals surface area (Å²) in [7, 11) is 0. The van der Waals surface area contributed by atoms with Gasteiger partial charge in [0.1, 0.15) is 0 Å². The molecule has 0 saturated heterocycles. The highest BCUT2D eigenvalue weighted by Gasteiger charge is 2.15. The van der Waals surface area contributed by atoms with Crippen molar-refractivity contribution < 1.29 is 0 Å². The van der Waals surface area contributed by atoms with E-state index in [1.54, 1.807) is 0 Å². The molecule has 0 nitrogen and oxygen atoms in total. The first-order valence-corrected chi connectivity index (χ1v) is 9.46. The highest BCUT2D eigenvalue weighted by Crippen LogP contribution is 2.31. The molecule has 0 bridgehead atoms. The molecule has 0 aliphatic rings. The van der Waals surface area contributed by atoms with Crippen molar-refractivity contribution >= 4 is 0 Å². The molecular formula is C26H30. The van der Waals surface area contributed by atoms with Crippen LogP contribution in [0.4, 0.5) is 0 Å². The van der Waals surface area contributed by atoms with Gasteiger partial charge in [0.05, 0.1) is 0 Å². The Morgan fingerprint density at radius 3 is 1.08 bits per heavy atom. The molecule has 0 aliphatic heterocycles. The highest BCUT2D eigenvalue weighted by atomic mass is 14.2. The molecule has 0 aliphatic carbocycles. The average molecular weight is 343 g/mol. The largest absolute Gasteiger partial charge is 0.0614 e. The zero-order chi connectivity index (χ0) is 18.9. The fourth-order valence-corrected chi connectivity index (χ4v) is 3.19. The van der Waals surface area contributed by atoms with Crippen LogP contribution in [0, 0.1) is 0 Å². The van der Waals surface area contributed by atoms with E-state index < -0.39 is 0 Å². The monoisotopic (exact) mass is 342 g/mol. The van der Waals surface area contributed by atoms with E-state index in [2.05, 4.69) is 114 Å². The Balaban J connectivity index is 1.93. The van der Waals surface area contributed by atoms with E-state index in [-0.39, 0.29) is 10.8 Å². The molecule has 3 rings (SSSR count). The minimum absolute atomic E-state index is 0.170. The molecule has 0 fully saturated rings. The van der Waals surface area contributed by atoms with Crippen LogP contribution >= 0.6 is 0 Å². The van der Waals surface area contributed by atoms with Crippen LogP contribution in [-0.2, 0) is 10.8 Å². The molecule has 0 heterocycles. The zero-order valence-corrected chi connectivity index (χ0v) is 16.9. The third-order valence-corrected chi connectivity index (χ3v) is 5.01. The van der Waals surface area contributed by atoms with E-state index in [0.29, 0.717) is 0 Å². The van der Waals surface area contributed by atoms with Crippen LogP contribution in [0.25, 0.3) is 22.3 Å². The normalized spacial score (nSPS) is 12.2. The van der Waals surface area contributed by atoms with E-state index in [1.807, 2.05) is 0 Å². The molecule has 0 heteroatoms. The predicted molar refractivity (Wildman–Crippen MR) is 115 cm³/mol. The molecule has 0 N–H and O–H groups in total. The fourth-order valence-electron chi connectivity index (χ4n) is 3.19. The first kappa shape index (κ1) is 18.5. The average Bonchev–Trinajstić information content (AvgIpc) is 2.61. The molecule has 3 aromatic rings. The molecule has 0 unspecified atom stereocenters. The number of hydrogen-bond acceptors (Lipinski definition) is 0. The van der Waals surface area contributed by atoms with Crippen molar-refractivity contribution in [1.29, 1.82) is 0 Å². The lowest BCUT2D eigenvalue weighted by molar-refractivity contribution is 0.590. The van der Waals surface area contributed by atoms with E-state index in [9.17, 15) is 0 Å². The van der Waals surface area contributed by atoms with E-state index >= 15 is 0 Å². The van der Waals surface area contributed by atoms with Gasteiger partial charge in [-0.15, -0.1) is 0 Å². The van der Waals surface area contributed by atoms with Crippen LogP contribution in [0.5, 0.6) is 0 Å². The maximum absolute atomic E-state index is 2.31.